The van der Waals surface area contributed by atoms with Gasteiger partial charge in [0.05, 0.1) is 16.1 Å². The van der Waals surface area contributed by atoms with Crippen LogP contribution >= 0.6 is 11.6 Å². The Morgan fingerprint density at radius 2 is 1.78 bits per heavy atom. The maximum absolute atomic E-state index is 17.5. The van der Waals surface area contributed by atoms with E-state index in [0.29, 0.717) is 64.7 Å². The summed E-state index contributed by atoms with van der Waals surface area (Å²) in [6.45, 7) is 15.9. The van der Waals surface area contributed by atoms with Gasteiger partial charge in [0.25, 0.3) is 0 Å². The topological polar surface area (TPSA) is 73.8 Å². The number of phenolic OH excluding ortho intramolecular Hbond substituents is 1. The van der Waals surface area contributed by atoms with Crippen LogP contribution in [-0.4, -0.2) is 72.5 Å². The lowest BCUT2D eigenvalue weighted by Crippen LogP contribution is -2.43. The number of halogens is 4. The summed E-state index contributed by atoms with van der Waals surface area (Å²) in [4.78, 5) is 11.6. The molecule has 3 aliphatic rings. The molecule has 1 aromatic heterocycles. The van der Waals surface area contributed by atoms with Crippen molar-refractivity contribution >= 4 is 47.2 Å². The molecular formula is C42H51ClF3N5O2Si. The Labute approximate surface area is 322 Å². The lowest BCUT2D eigenvalue weighted by molar-refractivity contribution is 0.107. The molecule has 7 rings (SSSR count). The van der Waals surface area contributed by atoms with Crippen molar-refractivity contribution in [2.45, 2.75) is 108 Å². The van der Waals surface area contributed by atoms with E-state index in [-0.39, 0.29) is 45.6 Å². The second kappa shape index (κ2) is 15.2. The van der Waals surface area contributed by atoms with Gasteiger partial charge in [-0.15, -0.1) is 5.54 Å². The first-order chi connectivity index (χ1) is 25.8. The monoisotopic (exact) mass is 777 g/mol. The summed E-state index contributed by atoms with van der Waals surface area (Å²) in [5.41, 5.74) is 7.81. The maximum Gasteiger partial charge on any atom is 0.319 e. The quantitative estimate of drug-likeness (QED) is 0.136. The molecule has 4 aromatic rings. The molecule has 2 N–H and O–H groups in total. The molecule has 3 aliphatic heterocycles. The van der Waals surface area contributed by atoms with Gasteiger partial charge in [-0.05, 0) is 84.1 Å². The molecule has 12 heteroatoms. The van der Waals surface area contributed by atoms with Crippen molar-refractivity contribution in [1.29, 1.82) is 0 Å². The fourth-order valence-electron chi connectivity index (χ4n) is 9.72. The number of nitrogens with zero attached hydrogens (tertiary/aromatic N) is 4. The van der Waals surface area contributed by atoms with Crippen molar-refractivity contribution in [2.24, 2.45) is 0 Å². The summed E-state index contributed by atoms with van der Waals surface area (Å²) >= 11 is 7.05. The molecule has 7 nitrogen and oxygen atoms in total. The SMILES string of the molecule is CC(C)[Si](C#Cc1c(F)ccc2cc(O)cc(-c3c(Cl)cc4c(N5CCCCCN5)nc(OC[C@@]56CCCN5C[C@H](F)C6)nc4c3F)c12)(C(C)C)C(C)C. The van der Waals surface area contributed by atoms with Crippen LogP contribution < -0.4 is 15.2 Å². The Hall–Kier alpha value is -3.56. The minimum Gasteiger partial charge on any atom is -0.508 e. The Kier molecular flexibility index (Phi) is 10.9. The summed E-state index contributed by atoms with van der Waals surface area (Å²) in [6, 6.07) is 7.47. The number of nitrogens with one attached hydrogen (secondary N) is 1. The Balaban J connectivity index is 1.43. The van der Waals surface area contributed by atoms with Gasteiger partial charge < -0.3 is 9.84 Å². The average Bonchev–Trinajstić information content (AvgIpc) is 3.49. The number of hydrogen-bond donors (Lipinski definition) is 2. The van der Waals surface area contributed by atoms with E-state index in [1.54, 1.807) is 12.1 Å². The van der Waals surface area contributed by atoms with Gasteiger partial charge >= 0.3 is 6.01 Å². The molecule has 3 fully saturated rings. The highest BCUT2D eigenvalue weighted by atomic mass is 35.5. The summed E-state index contributed by atoms with van der Waals surface area (Å²) in [5.74, 6) is 2.29. The van der Waals surface area contributed by atoms with Crippen LogP contribution in [0.15, 0.2) is 30.3 Å². The fourth-order valence-corrected chi connectivity index (χ4v) is 15.2. The molecule has 0 saturated carbocycles. The van der Waals surface area contributed by atoms with Crippen molar-refractivity contribution in [3.8, 4) is 34.4 Å². The summed E-state index contributed by atoms with van der Waals surface area (Å²) in [5, 5.41) is 14.2. The Bertz CT molecular complexity index is 2110. The van der Waals surface area contributed by atoms with Crippen LogP contribution in [-0.2, 0) is 0 Å². The number of hydrogen-bond acceptors (Lipinski definition) is 7. The van der Waals surface area contributed by atoms with E-state index < -0.39 is 31.4 Å². The van der Waals surface area contributed by atoms with E-state index in [4.69, 9.17) is 21.3 Å². The highest BCUT2D eigenvalue weighted by molar-refractivity contribution is 6.90. The van der Waals surface area contributed by atoms with Gasteiger partial charge in [-0.2, -0.15) is 9.97 Å². The normalized spacial score (nSPS) is 21.0. The standard InChI is InChI=1S/C42H51ClF3N5O2Si/c1-25(2)54(26(3)4,27(5)6)18-13-31-35(45)12-11-28-19-30(52)20-32(36(28)31)37-34(43)21-33-39(38(37)46)48-41(49-40(33)51-17-9-7-8-15-47-51)53-24-42-14-10-16-50(42)23-29(44)22-42/h11-12,19-21,25-27,29,47,52H,7-10,14-17,22-24H2,1-6H3/t29-,42+/m1/s1. The van der Waals surface area contributed by atoms with Gasteiger partial charge in [-0.3, -0.25) is 9.91 Å². The largest absolute Gasteiger partial charge is 0.508 e. The van der Waals surface area contributed by atoms with E-state index in [0.717, 1.165) is 38.6 Å². The van der Waals surface area contributed by atoms with Gasteiger partial charge in [-0.1, -0.05) is 71.6 Å². The first kappa shape index (κ1) is 38.7. The Morgan fingerprint density at radius 3 is 2.52 bits per heavy atom. The minimum atomic E-state index is -2.29. The lowest BCUT2D eigenvalue weighted by atomic mass is 9.93. The molecule has 0 radical (unpaired) electrons. The highest BCUT2D eigenvalue weighted by Gasteiger charge is 2.49. The second-order valence-electron chi connectivity index (χ2n) is 16.4. The number of ether oxygens (including phenoxy) is 1. The van der Waals surface area contributed by atoms with Crippen LogP contribution in [0.25, 0.3) is 32.8 Å². The predicted molar refractivity (Wildman–Crippen MR) is 215 cm³/mol. The molecule has 0 bridgehead atoms. The van der Waals surface area contributed by atoms with Gasteiger partial charge in [0.1, 0.15) is 37.9 Å². The molecule has 0 unspecified atom stereocenters. The smallest absolute Gasteiger partial charge is 0.319 e. The number of phenols is 1. The third kappa shape index (κ3) is 6.82. The van der Waals surface area contributed by atoms with Crippen molar-refractivity contribution in [3.05, 3.63) is 52.6 Å². The first-order valence-electron chi connectivity index (χ1n) is 19.5. The zero-order chi connectivity index (χ0) is 38.5. The van der Waals surface area contributed by atoms with Crippen LogP contribution in [0.1, 0.15) is 85.6 Å². The van der Waals surface area contributed by atoms with Gasteiger partial charge in [0.2, 0.25) is 0 Å². The lowest BCUT2D eigenvalue weighted by Gasteiger charge is -2.38. The Morgan fingerprint density at radius 1 is 1.02 bits per heavy atom. The number of alkyl halides is 1. The summed E-state index contributed by atoms with van der Waals surface area (Å²) < 4.78 is 54.5. The third-order valence-corrected chi connectivity index (χ3v) is 18.9. The number of aromatic hydroxyl groups is 1. The highest BCUT2D eigenvalue weighted by Crippen LogP contribution is 2.45. The van der Waals surface area contributed by atoms with E-state index >= 15 is 8.78 Å². The number of fused-ring (bicyclic) bond motifs is 3. The zero-order valence-electron chi connectivity index (χ0n) is 32.1. The molecule has 0 spiro atoms. The van der Waals surface area contributed by atoms with Crippen molar-refractivity contribution in [2.75, 3.05) is 37.8 Å². The van der Waals surface area contributed by atoms with E-state index in [2.05, 4.69) is 68.3 Å². The van der Waals surface area contributed by atoms with Crippen LogP contribution in [0, 0.1) is 23.1 Å². The number of rotatable bonds is 8. The molecule has 4 heterocycles. The molecule has 3 aromatic carbocycles. The number of anilines is 1. The van der Waals surface area contributed by atoms with Crippen LogP contribution in [0.4, 0.5) is 19.0 Å². The van der Waals surface area contributed by atoms with E-state index in [1.807, 2.05) is 5.01 Å². The first-order valence-corrected chi connectivity index (χ1v) is 22.1. The number of benzene rings is 3. The number of aromatic nitrogens is 2. The van der Waals surface area contributed by atoms with Crippen LogP contribution in [0.3, 0.4) is 0 Å². The van der Waals surface area contributed by atoms with Gasteiger partial charge in [0, 0.05) is 42.4 Å². The summed E-state index contributed by atoms with van der Waals surface area (Å²) in [7, 11) is -2.29. The molecule has 0 aliphatic carbocycles. The molecule has 0 amide bonds. The van der Waals surface area contributed by atoms with Gasteiger partial charge in [-0.25, -0.2) is 18.6 Å². The van der Waals surface area contributed by atoms with E-state index in [1.165, 1.54) is 18.2 Å². The maximum atomic E-state index is 17.5. The fraction of sp³-hybridized carbons (Fsp3) is 0.524. The van der Waals surface area contributed by atoms with Gasteiger partial charge in [0.15, 0.2) is 11.6 Å². The molecular weight excluding hydrogens is 727 g/mol. The van der Waals surface area contributed by atoms with E-state index in [9.17, 15) is 9.50 Å². The van der Waals surface area contributed by atoms with Crippen molar-refractivity contribution in [1.82, 2.24) is 20.3 Å². The molecule has 2 atom stereocenters. The van der Waals surface area contributed by atoms with Crippen LogP contribution in [0.5, 0.6) is 11.8 Å². The number of hydrazine groups is 1. The average molecular weight is 778 g/mol. The molecule has 54 heavy (non-hydrogen) atoms. The predicted octanol–water partition coefficient (Wildman–Crippen LogP) is 10.1. The third-order valence-electron chi connectivity index (χ3n) is 12.3. The summed E-state index contributed by atoms with van der Waals surface area (Å²) in [6.07, 6.45) is 4.11. The van der Waals surface area contributed by atoms with Crippen molar-refractivity contribution in [3.63, 3.8) is 0 Å². The molecule has 3 saturated heterocycles. The molecule has 288 valence electrons. The van der Waals surface area contributed by atoms with Crippen LogP contribution in [0.2, 0.25) is 21.6 Å². The second-order valence-corrected chi connectivity index (χ2v) is 22.4. The zero-order valence-corrected chi connectivity index (χ0v) is 33.9. The van der Waals surface area contributed by atoms with Crippen molar-refractivity contribution < 1.29 is 23.0 Å². The minimum absolute atomic E-state index is 0.0185.